The van der Waals surface area contributed by atoms with E-state index < -0.39 is 0 Å². The number of anilines is 3. The first kappa shape index (κ1) is 32.2. The molecule has 5 nitrogen and oxygen atoms in total. The molecule has 3 aromatic heterocycles. The molecule has 5 heteroatoms. The highest BCUT2D eigenvalue weighted by molar-refractivity contribution is 5.94. The lowest BCUT2D eigenvalue weighted by Gasteiger charge is -2.26. The molecule has 55 heavy (non-hydrogen) atoms. The van der Waals surface area contributed by atoms with Crippen LogP contribution in [0.4, 0.5) is 17.1 Å². The summed E-state index contributed by atoms with van der Waals surface area (Å²) in [5, 5.41) is 3.49. The zero-order valence-electron chi connectivity index (χ0n) is 29.8. The second-order valence-electron chi connectivity index (χ2n) is 13.6. The third-order valence-electron chi connectivity index (χ3n) is 10.2. The molecule has 0 aliphatic heterocycles. The summed E-state index contributed by atoms with van der Waals surface area (Å²) in [5.74, 6) is 0.703. The Morgan fingerprint density at radius 1 is 0.364 bits per heavy atom. The van der Waals surface area contributed by atoms with Gasteiger partial charge < -0.3 is 4.90 Å². The van der Waals surface area contributed by atoms with E-state index >= 15 is 0 Å². The number of fused-ring (bicyclic) bond motifs is 3. The Kier molecular flexibility index (Phi) is 8.08. The average molecular weight is 704 g/mol. The minimum Gasteiger partial charge on any atom is -0.311 e. The van der Waals surface area contributed by atoms with Crippen molar-refractivity contribution in [3.05, 3.63) is 200 Å². The zero-order valence-corrected chi connectivity index (χ0v) is 29.8. The van der Waals surface area contributed by atoms with Crippen molar-refractivity contribution in [3.8, 4) is 44.9 Å². The molecular weight excluding hydrogens is 671 g/mol. The fraction of sp³-hybridized carbons (Fsp3) is 0. The molecule has 0 spiro atoms. The van der Waals surface area contributed by atoms with E-state index in [9.17, 15) is 0 Å². The molecule has 0 radical (unpaired) electrons. The number of hydrogen-bond acceptors (Lipinski definition) is 5. The van der Waals surface area contributed by atoms with Crippen molar-refractivity contribution in [1.82, 2.24) is 19.9 Å². The molecule has 10 aromatic rings. The lowest BCUT2D eigenvalue weighted by atomic mass is 10.0. The number of pyridine rings is 2. The molecule has 10 rings (SSSR count). The Morgan fingerprint density at radius 3 is 1.71 bits per heavy atom. The van der Waals surface area contributed by atoms with Gasteiger partial charge in [-0.15, -0.1) is 0 Å². The van der Waals surface area contributed by atoms with Gasteiger partial charge in [-0.25, -0.2) is 15.0 Å². The number of benzene rings is 7. The lowest BCUT2D eigenvalue weighted by molar-refractivity contribution is 1.22. The highest BCUT2D eigenvalue weighted by atomic mass is 15.1. The van der Waals surface area contributed by atoms with Crippen LogP contribution in [0.1, 0.15) is 0 Å². The third-order valence-corrected chi connectivity index (χ3v) is 10.2. The predicted octanol–water partition coefficient (Wildman–Crippen LogP) is 12.9. The van der Waals surface area contributed by atoms with Gasteiger partial charge in [0.2, 0.25) is 0 Å². The first-order chi connectivity index (χ1) is 27.2. The largest absolute Gasteiger partial charge is 0.311 e. The van der Waals surface area contributed by atoms with Gasteiger partial charge in [-0.3, -0.25) is 4.98 Å². The molecule has 0 aliphatic rings. The van der Waals surface area contributed by atoms with Crippen LogP contribution in [0.15, 0.2) is 200 Å². The number of nitrogens with zero attached hydrogens (tertiary/aromatic N) is 5. The minimum atomic E-state index is 0.703. The van der Waals surface area contributed by atoms with Crippen LogP contribution >= 0.6 is 0 Å². The van der Waals surface area contributed by atoms with Crippen molar-refractivity contribution in [2.75, 3.05) is 4.90 Å². The predicted molar refractivity (Wildman–Crippen MR) is 227 cm³/mol. The van der Waals surface area contributed by atoms with Gasteiger partial charge in [-0.05, 0) is 106 Å². The van der Waals surface area contributed by atoms with Crippen LogP contribution in [0.25, 0.3) is 77.6 Å². The lowest BCUT2D eigenvalue weighted by Crippen LogP contribution is -2.10. The quantitative estimate of drug-likeness (QED) is 0.165. The second-order valence-corrected chi connectivity index (χ2v) is 13.6. The topological polar surface area (TPSA) is 54.8 Å². The number of rotatable bonds is 7. The maximum atomic E-state index is 5.05. The molecule has 0 saturated heterocycles. The molecule has 0 unspecified atom stereocenters. The van der Waals surface area contributed by atoms with Crippen LogP contribution in [-0.2, 0) is 0 Å². The maximum absolute atomic E-state index is 5.05. The van der Waals surface area contributed by atoms with Gasteiger partial charge in [0.05, 0.1) is 22.2 Å². The molecule has 0 saturated carbocycles. The highest BCUT2D eigenvalue weighted by Crippen LogP contribution is 2.38. The van der Waals surface area contributed by atoms with Gasteiger partial charge in [0.1, 0.15) is 0 Å². The smallest absolute Gasteiger partial charge is 0.159 e. The van der Waals surface area contributed by atoms with Gasteiger partial charge in [-0.2, -0.15) is 0 Å². The molecular formula is C50H33N5. The molecule has 0 bridgehead atoms. The van der Waals surface area contributed by atoms with E-state index in [-0.39, 0.29) is 0 Å². The van der Waals surface area contributed by atoms with Crippen LogP contribution in [-0.4, -0.2) is 19.9 Å². The Balaban J connectivity index is 1.03. The minimum absolute atomic E-state index is 0.703. The normalized spacial score (nSPS) is 11.3. The summed E-state index contributed by atoms with van der Waals surface area (Å²) in [6, 6.07) is 65.7. The van der Waals surface area contributed by atoms with Crippen molar-refractivity contribution in [3.63, 3.8) is 0 Å². The van der Waals surface area contributed by atoms with Gasteiger partial charge in [0.25, 0.3) is 0 Å². The van der Waals surface area contributed by atoms with E-state index in [4.69, 9.17) is 15.0 Å². The fourth-order valence-electron chi connectivity index (χ4n) is 7.32. The second kappa shape index (κ2) is 13.8. The average Bonchev–Trinajstić information content (AvgIpc) is 3.27. The SMILES string of the molecule is c1ccc(-c2cc(-c3ccc(N(c4ccc(-c5ccc6ccccc6c5)cc4)c4ccc(-c5ncc6ccccc6n5)cc4)cc3)nc3cccnc23)cc1. The van der Waals surface area contributed by atoms with Crippen LogP contribution < -0.4 is 4.90 Å². The van der Waals surface area contributed by atoms with E-state index in [0.717, 1.165) is 66.9 Å². The Morgan fingerprint density at radius 2 is 0.964 bits per heavy atom. The molecule has 0 fully saturated rings. The summed E-state index contributed by atoms with van der Waals surface area (Å²) >= 11 is 0. The van der Waals surface area contributed by atoms with Gasteiger partial charge in [0, 0.05) is 51.5 Å². The molecule has 0 amide bonds. The Labute approximate surface area is 318 Å². The van der Waals surface area contributed by atoms with Crippen molar-refractivity contribution >= 4 is 49.8 Å². The summed E-state index contributed by atoms with van der Waals surface area (Å²) in [7, 11) is 0. The van der Waals surface area contributed by atoms with E-state index in [1.54, 1.807) is 0 Å². The Bertz CT molecular complexity index is 2840. The summed E-state index contributed by atoms with van der Waals surface area (Å²) in [6.45, 7) is 0. The van der Waals surface area contributed by atoms with Crippen molar-refractivity contribution in [1.29, 1.82) is 0 Å². The van der Waals surface area contributed by atoms with E-state index in [1.807, 2.05) is 54.9 Å². The first-order valence-corrected chi connectivity index (χ1v) is 18.4. The summed E-state index contributed by atoms with van der Waals surface area (Å²) in [6.07, 6.45) is 3.72. The summed E-state index contributed by atoms with van der Waals surface area (Å²) in [4.78, 5) is 21.5. The Hall–Kier alpha value is -7.50. The van der Waals surface area contributed by atoms with E-state index in [2.05, 4.69) is 155 Å². The van der Waals surface area contributed by atoms with E-state index in [0.29, 0.717) is 5.82 Å². The van der Waals surface area contributed by atoms with Crippen molar-refractivity contribution in [2.24, 2.45) is 0 Å². The van der Waals surface area contributed by atoms with Crippen molar-refractivity contribution < 1.29 is 0 Å². The monoisotopic (exact) mass is 703 g/mol. The van der Waals surface area contributed by atoms with Gasteiger partial charge in [0.15, 0.2) is 5.82 Å². The summed E-state index contributed by atoms with van der Waals surface area (Å²) in [5.41, 5.74) is 13.2. The first-order valence-electron chi connectivity index (χ1n) is 18.4. The van der Waals surface area contributed by atoms with Crippen LogP contribution in [0.3, 0.4) is 0 Å². The zero-order chi connectivity index (χ0) is 36.6. The van der Waals surface area contributed by atoms with Gasteiger partial charge in [-0.1, -0.05) is 109 Å². The number of para-hydroxylation sites is 1. The number of aromatic nitrogens is 4. The van der Waals surface area contributed by atoms with Crippen LogP contribution in [0, 0.1) is 0 Å². The molecule has 0 atom stereocenters. The maximum Gasteiger partial charge on any atom is 0.159 e. The van der Waals surface area contributed by atoms with Crippen molar-refractivity contribution in [2.45, 2.75) is 0 Å². The van der Waals surface area contributed by atoms with Crippen LogP contribution in [0.5, 0.6) is 0 Å². The molecule has 0 N–H and O–H groups in total. The van der Waals surface area contributed by atoms with E-state index in [1.165, 1.54) is 21.9 Å². The van der Waals surface area contributed by atoms with Crippen LogP contribution in [0.2, 0.25) is 0 Å². The molecule has 258 valence electrons. The van der Waals surface area contributed by atoms with Gasteiger partial charge >= 0.3 is 0 Å². The molecule has 3 heterocycles. The fourth-order valence-corrected chi connectivity index (χ4v) is 7.32. The standard InChI is InChI=1S/C50H33N5/c1-2-10-36(11-3-1)45-32-48(53-47-15-8-30-51-49(45)47)37-20-26-43(27-21-37)55(42-24-18-35(19-25-42)40-17-16-34-9-4-5-12-39(34)31-40)44-28-22-38(23-29-44)50-52-33-41-13-6-7-14-46(41)54-50/h1-33H. The highest BCUT2D eigenvalue weighted by Gasteiger charge is 2.16. The number of hydrogen-bond donors (Lipinski definition) is 0. The molecule has 0 aliphatic carbocycles. The third kappa shape index (κ3) is 6.24. The molecule has 7 aromatic carbocycles. The summed E-state index contributed by atoms with van der Waals surface area (Å²) < 4.78 is 0.